The van der Waals surface area contributed by atoms with Crippen molar-refractivity contribution in [2.75, 3.05) is 7.11 Å². The van der Waals surface area contributed by atoms with E-state index in [0.717, 1.165) is 6.21 Å². The Morgan fingerprint density at radius 1 is 1.23 bits per heavy atom. The number of nitrogens with one attached hydrogen (secondary N) is 2. The van der Waals surface area contributed by atoms with E-state index in [1.807, 2.05) is 6.07 Å². The number of hydrogen-bond donors (Lipinski definition) is 2. The third-order valence-corrected chi connectivity index (χ3v) is 3.42. The van der Waals surface area contributed by atoms with Gasteiger partial charge in [-0.2, -0.15) is 0 Å². The minimum Gasteiger partial charge on any atom is -0.461 e. The van der Waals surface area contributed by atoms with Crippen LogP contribution in [-0.4, -0.2) is 47.9 Å². The number of Topliss-reactive ketones (excluding diaryl/α,β-unsaturated/α-hetero) is 1. The highest BCUT2D eigenvalue weighted by atomic mass is 16.5. The van der Waals surface area contributed by atoms with E-state index < -0.39 is 29.8 Å². The zero-order valence-electron chi connectivity index (χ0n) is 15.1. The second-order valence-electron chi connectivity index (χ2n) is 5.84. The van der Waals surface area contributed by atoms with Crippen molar-refractivity contribution in [1.82, 2.24) is 5.32 Å². The zero-order valence-corrected chi connectivity index (χ0v) is 15.1. The molecule has 2 atom stereocenters. The molecule has 8 nitrogen and oxygen atoms in total. The maximum absolute atomic E-state index is 12.6. The first-order valence-electron chi connectivity index (χ1n) is 8.20. The average molecular weight is 362 g/mol. The minimum atomic E-state index is -1.01. The second kappa shape index (κ2) is 10.9. The van der Waals surface area contributed by atoms with Crippen LogP contribution in [0.5, 0.6) is 0 Å². The van der Waals surface area contributed by atoms with Crippen LogP contribution in [0.2, 0.25) is 0 Å². The molecular weight excluding hydrogens is 338 g/mol. The molecule has 1 aromatic carbocycles. The molecule has 140 valence electrons. The number of hydrogen-bond acceptors (Lipinski definition) is 6. The molecule has 1 amide bonds. The molecule has 0 heterocycles. The molecule has 8 heteroatoms. The maximum atomic E-state index is 12.6. The van der Waals surface area contributed by atoms with Crippen molar-refractivity contribution in [3.8, 4) is 0 Å². The summed E-state index contributed by atoms with van der Waals surface area (Å²) in [6.45, 7) is 3.38. The molecule has 0 spiro atoms. The van der Waals surface area contributed by atoms with Crippen molar-refractivity contribution in [2.24, 2.45) is 0 Å². The van der Waals surface area contributed by atoms with E-state index in [1.54, 1.807) is 38.1 Å². The highest BCUT2D eigenvalue weighted by Crippen LogP contribution is 2.17. The Bertz CT molecular complexity index is 669. The van der Waals surface area contributed by atoms with Crippen LogP contribution in [0.1, 0.15) is 38.4 Å². The molecule has 0 fully saturated rings. The van der Waals surface area contributed by atoms with E-state index in [-0.39, 0.29) is 18.9 Å². The monoisotopic (exact) mass is 362 g/mol. The van der Waals surface area contributed by atoms with Gasteiger partial charge in [-0.05, 0) is 25.8 Å². The summed E-state index contributed by atoms with van der Waals surface area (Å²) in [5.74, 6) is -1.55. The minimum absolute atomic E-state index is 0.0351. The van der Waals surface area contributed by atoms with Gasteiger partial charge in [0.1, 0.15) is 6.04 Å². The number of esters is 1. The van der Waals surface area contributed by atoms with Gasteiger partial charge in [0.25, 0.3) is 5.91 Å². The molecule has 0 saturated heterocycles. The first kappa shape index (κ1) is 21.2. The van der Waals surface area contributed by atoms with E-state index >= 15 is 0 Å². The fourth-order valence-electron chi connectivity index (χ4n) is 2.26. The molecule has 0 unspecified atom stereocenters. The van der Waals surface area contributed by atoms with Crippen molar-refractivity contribution in [3.05, 3.63) is 35.9 Å². The van der Waals surface area contributed by atoms with Crippen molar-refractivity contribution in [1.29, 1.82) is 5.53 Å². The van der Waals surface area contributed by atoms with Gasteiger partial charge in [-0.1, -0.05) is 30.3 Å². The van der Waals surface area contributed by atoms with Crippen LogP contribution in [0.4, 0.5) is 0 Å². The predicted octanol–water partition coefficient (Wildman–Crippen LogP) is 1.47. The lowest BCUT2D eigenvalue weighted by molar-refractivity contribution is -0.153. The van der Waals surface area contributed by atoms with Crippen LogP contribution in [-0.2, 0) is 23.9 Å². The molecule has 0 aliphatic carbocycles. The van der Waals surface area contributed by atoms with E-state index in [2.05, 4.69) is 10.1 Å². The van der Waals surface area contributed by atoms with E-state index in [9.17, 15) is 14.4 Å². The summed E-state index contributed by atoms with van der Waals surface area (Å²) < 4.78 is 10.4. The third-order valence-electron chi connectivity index (χ3n) is 3.42. The van der Waals surface area contributed by atoms with Crippen LogP contribution in [0.3, 0.4) is 0 Å². The fraction of sp³-hybridized carbons (Fsp3) is 0.444. The standard InChI is InChI=1S/C18H23N3O5/c1-12(2)26-18(24)15(10-9-14(22)11-20-19)21-17(23)16(25-3)13-7-5-4-6-8-13/h4-8,11-12,15-16,19H,9-10H2,1-3H3/p+1/t15-,16-/m0/s1. The van der Waals surface area contributed by atoms with Gasteiger partial charge >= 0.3 is 12.2 Å². The Balaban J connectivity index is 2.87. The summed E-state index contributed by atoms with van der Waals surface area (Å²) in [5, 5.41) is 2.59. The number of ketones is 1. The molecule has 0 radical (unpaired) electrons. The van der Waals surface area contributed by atoms with Crippen molar-refractivity contribution in [3.63, 3.8) is 0 Å². The van der Waals surface area contributed by atoms with Gasteiger partial charge < -0.3 is 14.8 Å². The molecule has 0 bridgehead atoms. The summed E-state index contributed by atoms with van der Waals surface area (Å²) in [6.07, 6.45) is -0.415. The Morgan fingerprint density at radius 3 is 2.42 bits per heavy atom. The van der Waals surface area contributed by atoms with Gasteiger partial charge in [-0.15, -0.1) is 0 Å². The topological polar surface area (TPSA) is 120 Å². The molecule has 0 aromatic heterocycles. The van der Waals surface area contributed by atoms with Crippen LogP contribution in [0.15, 0.2) is 30.3 Å². The highest BCUT2D eigenvalue weighted by Gasteiger charge is 2.28. The quantitative estimate of drug-likeness (QED) is 0.283. The number of benzene rings is 1. The SMILES string of the molecule is CO[C@H](C(=O)N[C@@H](CCC(=O)C=[N+]=N)C(=O)OC(C)C)c1ccccc1. The number of nitrogens with zero attached hydrogens (tertiary/aromatic N) is 1. The summed E-state index contributed by atoms with van der Waals surface area (Å²) in [5.41, 5.74) is 7.30. The molecule has 1 aromatic rings. The summed E-state index contributed by atoms with van der Waals surface area (Å²) in [6, 6.07) is 7.84. The molecule has 0 aliphatic heterocycles. The first-order chi connectivity index (χ1) is 12.4. The van der Waals surface area contributed by atoms with Gasteiger partial charge in [0.05, 0.1) is 16.4 Å². The second-order valence-corrected chi connectivity index (χ2v) is 5.84. The van der Waals surface area contributed by atoms with Gasteiger partial charge in [-0.25, -0.2) is 4.79 Å². The molecule has 0 aliphatic rings. The van der Waals surface area contributed by atoms with Gasteiger partial charge in [-0.3, -0.25) is 9.59 Å². The largest absolute Gasteiger partial charge is 0.461 e. The third kappa shape index (κ3) is 6.96. The molecular formula is C18H24N3O5+. The average Bonchev–Trinajstić information content (AvgIpc) is 2.59. The Morgan fingerprint density at radius 2 is 1.88 bits per heavy atom. The molecule has 0 saturated carbocycles. The summed E-state index contributed by atoms with van der Waals surface area (Å²) in [7, 11) is 1.40. The van der Waals surface area contributed by atoms with Crippen LogP contribution in [0, 0.1) is 5.53 Å². The number of methoxy groups -OCH3 is 1. The molecule has 2 N–H and O–H groups in total. The fourth-order valence-corrected chi connectivity index (χ4v) is 2.26. The number of amides is 1. The van der Waals surface area contributed by atoms with E-state index in [0.29, 0.717) is 5.56 Å². The van der Waals surface area contributed by atoms with Crippen LogP contribution >= 0.6 is 0 Å². The lowest BCUT2D eigenvalue weighted by Crippen LogP contribution is -2.45. The Hall–Kier alpha value is -2.83. The number of rotatable bonds is 10. The van der Waals surface area contributed by atoms with Gasteiger partial charge in [0, 0.05) is 13.5 Å². The number of ether oxygens (including phenoxy) is 2. The van der Waals surface area contributed by atoms with Gasteiger partial charge in [0.2, 0.25) is 5.78 Å². The zero-order chi connectivity index (χ0) is 19.5. The predicted molar refractivity (Wildman–Crippen MR) is 92.6 cm³/mol. The van der Waals surface area contributed by atoms with Crippen LogP contribution < -0.4 is 5.32 Å². The van der Waals surface area contributed by atoms with E-state index in [1.165, 1.54) is 7.11 Å². The first-order valence-corrected chi connectivity index (χ1v) is 8.20. The number of carbonyl (C=O) groups excluding carboxylic acids is 3. The maximum Gasteiger partial charge on any atom is 0.372 e. The molecule has 26 heavy (non-hydrogen) atoms. The van der Waals surface area contributed by atoms with Crippen molar-refractivity contribution in [2.45, 2.75) is 44.9 Å². The summed E-state index contributed by atoms with van der Waals surface area (Å²) in [4.78, 5) is 39.2. The Labute approximate surface area is 152 Å². The normalized spacial score (nSPS) is 12.6. The molecule has 1 rings (SSSR count). The van der Waals surface area contributed by atoms with Crippen LogP contribution in [0.25, 0.3) is 0 Å². The van der Waals surface area contributed by atoms with E-state index in [4.69, 9.17) is 15.0 Å². The highest BCUT2D eigenvalue weighted by molar-refractivity contribution is 6.25. The Kier molecular flexibility index (Phi) is 8.91. The lowest BCUT2D eigenvalue weighted by atomic mass is 10.1. The van der Waals surface area contributed by atoms with Crippen molar-refractivity contribution < 1.29 is 28.6 Å². The number of carbonyl (C=O) groups is 3. The lowest BCUT2D eigenvalue weighted by Gasteiger charge is -2.22. The summed E-state index contributed by atoms with van der Waals surface area (Å²) >= 11 is 0. The van der Waals surface area contributed by atoms with Crippen molar-refractivity contribution >= 4 is 23.9 Å². The van der Waals surface area contributed by atoms with Gasteiger partial charge in [0.15, 0.2) is 6.10 Å². The smallest absolute Gasteiger partial charge is 0.372 e.